The van der Waals surface area contributed by atoms with Crippen molar-refractivity contribution in [2.24, 2.45) is 0 Å². The third-order valence-electron chi connectivity index (χ3n) is 3.56. The Morgan fingerprint density at radius 2 is 1.84 bits per heavy atom. The monoisotopic (exact) mass is 282 g/mol. The molecule has 1 aromatic rings. The molecular formula is C15H23ClN2O. The third-order valence-corrected chi connectivity index (χ3v) is 3.56. The van der Waals surface area contributed by atoms with Gasteiger partial charge in [-0.3, -0.25) is 4.79 Å². The van der Waals surface area contributed by atoms with Crippen molar-refractivity contribution in [3.05, 3.63) is 29.8 Å². The van der Waals surface area contributed by atoms with E-state index in [9.17, 15) is 4.79 Å². The molecule has 0 radical (unpaired) electrons. The molecule has 1 N–H and O–H groups in total. The fraction of sp³-hybridized carbons (Fsp3) is 0.533. The van der Waals surface area contributed by atoms with Gasteiger partial charge in [0, 0.05) is 18.2 Å². The number of nitrogens with zero attached hydrogens (tertiary/aromatic N) is 1. The van der Waals surface area contributed by atoms with Crippen molar-refractivity contribution in [3.63, 3.8) is 0 Å². The summed E-state index contributed by atoms with van der Waals surface area (Å²) in [6.07, 6.45) is 2.65. The highest BCUT2D eigenvalue weighted by Crippen LogP contribution is 2.23. The van der Waals surface area contributed by atoms with Crippen LogP contribution in [-0.2, 0) is 4.79 Å². The van der Waals surface area contributed by atoms with Gasteiger partial charge in [-0.2, -0.15) is 0 Å². The molecule has 3 nitrogen and oxygen atoms in total. The Balaban J connectivity index is 0.00000180. The largest absolute Gasteiger partial charge is 0.317 e. The first-order chi connectivity index (χ1) is 8.72. The molecule has 2 rings (SSSR count). The predicted octanol–water partition coefficient (Wildman–Crippen LogP) is 2.91. The standard InChI is InChI=1S/C15H22N2O.ClH/c1-3-15(18)17(14-8-10-16-11-9-14)13-6-4-12(2)5-7-13;/h4-7,14,16H,3,8-11H2,1-2H3;1H. The molecule has 1 amide bonds. The Labute approximate surface area is 121 Å². The molecule has 0 atom stereocenters. The van der Waals surface area contributed by atoms with Crippen LogP contribution < -0.4 is 10.2 Å². The van der Waals surface area contributed by atoms with Gasteiger partial charge in [0.2, 0.25) is 5.91 Å². The lowest BCUT2D eigenvalue weighted by Crippen LogP contribution is -2.46. The molecule has 0 aliphatic carbocycles. The number of carbonyl (C=O) groups is 1. The van der Waals surface area contributed by atoms with E-state index in [-0.39, 0.29) is 18.3 Å². The smallest absolute Gasteiger partial charge is 0.226 e. The molecule has 1 fully saturated rings. The number of aryl methyl sites for hydroxylation is 1. The zero-order chi connectivity index (χ0) is 13.0. The molecule has 0 aromatic heterocycles. The molecule has 1 aliphatic heterocycles. The first kappa shape index (κ1) is 16.0. The highest BCUT2D eigenvalue weighted by atomic mass is 35.5. The molecule has 0 saturated carbocycles. The van der Waals surface area contributed by atoms with Gasteiger partial charge in [-0.1, -0.05) is 24.6 Å². The number of halogens is 1. The van der Waals surface area contributed by atoms with Gasteiger partial charge in [-0.05, 0) is 45.0 Å². The van der Waals surface area contributed by atoms with Crippen LogP contribution in [0.1, 0.15) is 31.7 Å². The molecule has 0 spiro atoms. The zero-order valence-corrected chi connectivity index (χ0v) is 12.5. The molecule has 4 heteroatoms. The van der Waals surface area contributed by atoms with Crippen LogP contribution in [0.4, 0.5) is 5.69 Å². The number of rotatable bonds is 3. The summed E-state index contributed by atoms with van der Waals surface area (Å²) in [6, 6.07) is 8.62. The fourth-order valence-corrected chi connectivity index (χ4v) is 2.50. The number of hydrogen-bond donors (Lipinski definition) is 1. The van der Waals surface area contributed by atoms with Crippen molar-refractivity contribution in [1.29, 1.82) is 0 Å². The van der Waals surface area contributed by atoms with Gasteiger partial charge in [0.1, 0.15) is 0 Å². The van der Waals surface area contributed by atoms with Crippen LogP contribution >= 0.6 is 12.4 Å². The average molecular weight is 283 g/mol. The van der Waals surface area contributed by atoms with Crippen molar-refractivity contribution in [3.8, 4) is 0 Å². The molecule has 1 aliphatic rings. The summed E-state index contributed by atoms with van der Waals surface area (Å²) in [5, 5.41) is 3.35. The minimum Gasteiger partial charge on any atom is -0.317 e. The van der Waals surface area contributed by atoms with Crippen LogP contribution in [-0.4, -0.2) is 25.0 Å². The molecule has 1 heterocycles. The quantitative estimate of drug-likeness (QED) is 0.924. The third kappa shape index (κ3) is 3.95. The van der Waals surface area contributed by atoms with E-state index in [1.54, 1.807) is 0 Å². The summed E-state index contributed by atoms with van der Waals surface area (Å²) in [5.74, 6) is 0.228. The van der Waals surface area contributed by atoms with E-state index in [1.165, 1.54) is 5.56 Å². The minimum absolute atomic E-state index is 0. The Hall–Kier alpha value is -1.06. The van der Waals surface area contributed by atoms with Gasteiger partial charge >= 0.3 is 0 Å². The number of amides is 1. The number of carbonyl (C=O) groups excluding carboxylic acids is 1. The maximum absolute atomic E-state index is 12.2. The summed E-state index contributed by atoms with van der Waals surface area (Å²) < 4.78 is 0. The van der Waals surface area contributed by atoms with Gasteiger partial charge in [-0.15, -0.1) is 12.4 Å². The Bertz CT molecular complexity index is 399. The Kier molecular flexibility index (Phi) is 6.32. The number of anilines is 1. The Morgan fingerprint density at radius 1 is 1.26 bits per heavy atom. The van der Waals surface area contributed by atoms with E-state index in [0.29, 0.717) is 12.5 Å². The SMILES string of the molecule is CCC(=O)N(c1ccc(C)cc1)C1CCNCC1.Cl. The minimum atomic E-state index is 0. The van der Waals surface area contributed by atoms with Crippen LogP contribution in [0.15, 0.2) is 24.3 Å². The summed E-state index contributed by atoms with van der Waals surface area (Å²) in [5.41, 5.74) is 2.27. The number of nitrogens with one attached hydrogen (secondary N) is 1. The highest BCUT2D eigenvalue weighted by Gasteiger charge is 2.25. The lowest BCUT2D eigenvalue weighted by Gasteiger charge is -2.34. The van der Waals surface area contributed by atoms with Gasteiger partial charge in [-0.25, -0.2) is 0 Å². The van der Waals surface area contributed by atoms with Gasteiger partial charge in [0.25, 0.3) is 0 Å². The van der Waals surface area contributed by atoms with E-state index in [1.807, 2.05) is 11.8 Å². The van der Waals surface area contributed by atoms with Crippen LogP contribution in [0.5, 0.6) is 0 Å². The molecule has 1 saturated heterocycles. The zero-order valence-electron chi connectivity index (χ0n) is 11.7. The first-order valence-corrected chi connectivity index (χ1v) is 6.82. The fourth-order valence-electron chi connectivity index (χ4n) is 2.50. The summed E-state index contributed by atoms with van der Waals surface area (Å²) in [4.78, 5) is 14.2. The maximum atomic E-state index is 12.2. The summed E-state index contributed by atoms with van der Waals surface area (Å²) in [7, 11) is 0. The van der Waals surface area contributed by atoms with E-state index in [0.717, 1.165) is 31.6 Å². The normalized spacial score (nSPS) is 15.7. The van der Waals surface area contributed by atoms with E-state index >= 15 is 0 Å². The molecule has 0 unspecified atom stereocenters. The number of hydrogen-bond acceptors (Lipinski definition) is 2. The molecule has 0 bridgehead atoms. The van der Waals surface area contributed by atoms with Crippen molar-refractivity contribution >= 4 is 24.0 Å². The molecular weight excluding hydrogens is 260 g/mol. The molecule has 19 heavy (non-hydrogen) atoms. The molecule has 106 valence electrons. The van der Waals surface area contributed by atoms with E-state index < -0.39 is 0 Å². The van der Waals surface area contributed by atoms with Gasteiger partial charge < -0.3 is 10.2 Å². The van der Waals surface area contributed by atoms with Crippen molar-refractivity contribution in [1.82, 2.24) is 5.32 Å². The predicted molar refractivity (Wildman–Crippen MR) is 82.1 cm³/mol. The van der Waals surface area contributed by atoms with Gasteiger partial charge in [0.05, 0.1) is 0 Å². The average Bonchev–Trinajstić information content (AvgIpc) is 2.42. The second-order valence-electron chi connectivity index (χ2n) is 4.93. The first-order valence-electron chi connectivity index (χ1n) is 6.82. The van der Waals surface area contributed by atoms with Crippen molar-refractivity contribution in [2.75, 3.05) is 18.0 Å². The highest BCUT2D eigenvalue weighted by molar-refractivity contribution is 5.93. The van der Waals surface area contributed by atoms with Crippen LogP contribution in [0, 0.1) is 6.92 Å². The summed E-state index contributed by atoms with van der Waals surface area (Å²) in [6.45, 7) is 6.01. The van der Waals surface area contributed by atoms with Crippen molar-refractivity contribution in [2.45, 2.75) is 39.2 Å². The number of benzene rings is 1. The van der Waals surface area contributed by atoms with E-state index in [4.69, 9.17) is 0 Å². The van der Waals surface area contributed by atoms with Crippen LogP contribution in [0.3, 0.4) is 0 Å². The topological polar surface area (TPSA) is 32.3 Å². The van der Waals surface area contributed by atoms with Crippen LogP contribution in [0.2, 0.25) is 0 Å². The van der Waals surface area contributed by atoms with Crippen molar-refractivity contribution < 1.29 is 4.79 Å². The Morgan fingerprint density at radius 3 is 2.37 bits per heavy atom. The lowest BCUT2D eigenvalue weighted by atomic mass is 10.0. The number of piperidine rings is 1. The second-order valence-corrected chi connectivity index (χ2v) is 4.93. The maximum Gasteiger partial charge on any atom is 0.226 e. The lowest BCUT2D eigenvalue weighted by molar-refractivity contribution is -0.118. The van der Waals surface area contributed by atoms with E-state index in [2.05, 4.69) is 36.5 Å². The summed E-state index contributed by atoms with van der Waals surface area (Å²) >= 11 is 0. The molecule has 1 aromatic carbocycles. The second kappa shape index (κ2) is 7.51. The van der Waals surface area contributed by atoms with Gasteiger partial charge in [0.15, 0.2) is 0 Å². The van der Waals surface area contributed by atoms with Crippen LogP contribution in [0.25, 0.3) is 0 Å².